The average Bonchev–Trinajstić information content (AvgIpc) is 2.97. The predicted molar refractivity (Wildman–Crippen MR) is 173 cm³/mol. The van der Waals surface area contributed by atoms with Crippen molar-refractivity contribution in [3.8, 4) is 0 Å². The van der Waals surface area contributed by atoms with E-state index in [0.29, 0.717) is 24.7 Å². The quantitative estimate of drug-likeness (QED) is 0.295. The van der Waals surface area contributed by atoms with Crippen LogP contribution in [0.4, 0.5) is 0 Å². The molecule has 0 saturated heterocycles. The molecule has 2 fully saturated rings. The van der Waals surface area contributed by atoms with Crippen molar-refractivity contribution in [2.24, 2.45) is 23.7 Å². The van der Waals surface area contributed by atoms with Crippen LogP contribution in [-0.2, 0) is 29.9 Å². The van der Waals surface area contributed by atoms with Gasteiger partial charge in [-0.15, -0.1) is 0 Å². The molecule has 2 saturated carbocycles. The number of aliphatic hydroxyl groups is 2. The van der Waals surface area contributed by atoms with E-state index in [2.05, 4.69) is 65.8 Å². The van der Waals surface area contributed by atoms with Crippen molar-refractivity contribution in [1.82, 2.24) is 0 Å². The lowest BCUT2D eigenvalue weighted by Crippen LogP contribution is -2.63. The van der Waals surface area contributed by atoms with E-state index < -0.39 is 35.3 Å². The molecule has 0 aromatic heterocycles. The van der Waals surface area contributed by atoms with Crippen LogP contribution in [0.15, 0.2) is 60.7 Å². The molecule has 6 nitrogen and oxygen atoms in total. The molecule has 44 heavy (non-hydrogen) atoms. The third-order valence-electron chi connectivity index (χ3n) is 11.3. The predicted octanol–water partition coefficient (Wildman–Crippen LogP) is 7.14. The monoisotopic (exact) mass is 606 g/mol. The topological polar surface area (TPSA) is 93.1 Å². The van der Waals surface area contributed by atoms with E-state index in [0.717, 1.165) is 50.7 Å². The molecule has 0 radical (unpaired) electrons. The van der Waals surface area contributed by atoms with E-state index in [-0.39, 0.29) is 22.7 Å². The van der Waals surface area contributed by atoms with Crippen molar-refractivity contribution in [1.29, 1.82) is 0 Å². The average molecular weight is 607 g/mol. The molecule has 2 aromatic rings. The second-order valence-electron chi connectivity index (χ2n) is 15.3. The van der Waals surface area contributed by atoms with Gasteiger partial charge in [0.15, 0.2) is 11.2 Å². The summed E-state index contributed by atoms with van der Waals surface area (Å²) in [6.45, 7) is 15.2. The van der Waals surface area contributed by atoms with Crippen LogP contribution in [0.2, 0.25) is 0 Å². The van der Waals surface area contributed by atoms with Crippen LogP contribution >= 0.6 is 0 Å². The number of esters is 2. The van der Waals surface area contributed by atoms with E-state index in [1.54, 1.807) is 0 Å². The van der Waals surface area contributed by atoms with Gasteiger partial charge in [0.25, 0.3) is 0 Å². The Labute approximate surface area is 264 Å². The van der Waals surface area contributed by atoms with Crippen LogP contribution in [0.3, 0.4) is 0 Å². The van der Waals surface area contributed by atoms with E-state index in [9.17, 15) is 19.8 Å². The van der Waals surface area contributed by atoms with Gasteiger partial charge in [-0.1, -0.05) is 115 Å². The molecule has 0 unspecified atom stereocenters. The SMILES string of the molecule is C[C@@H]1CC[C@@H](C(C)(C)c2ccccc2)[C@H](OC(=O)[C@@](C)(O)[C@](C)(O)C(=O)O[C@@H]2C[C@H](C)CC[C@H]2C(C)(C)c2ccccc2)C1. The number of benzene rings is 2. The van der Waals surface area contributed by atoms with Crippen molar-refractivity contribution < 1.29 is 29.3 Å². The highest BCUT2D eigenvalue weighted by Gasteiger charge is 2.58. The molecule has 4 rings (SSSR count). The van der Waals surface area contributed by atoms with Crippen LogP contribution in [0, 0.1) is 23.7 Å². The molecular weight excluding hydrogens is 552 g/mol. The number of carbonyl (C=O) groups is 2. The Balaban J connectivity index is 1.53. The summed E-state index contributed by atoms with van der Waals surface area (Å²) < 4.78 is 12.1. The van der Waals surface area contributed by atoms with Gasteiger partial charge in [0, 0.05) is 11.8 Å². The van der Waals surface area contributed by atoms with Gasteiger partial charge in [-0.3, -0.25) is 0 Å². The second kappa shape index (κ2) is 13.0. The minimum absolute atomic E-state index is 0.00227. The minimum atomic E-state index is -2.52. The fraction of sp³-hybridized carbons (Fsp3) is 0.632. The summed E-state index contributed by atoms with van der Waals surface area (Å²) in [5.74, 6) is -1.34. The highest BCUT2D eigenvalue weighted by Crippen LogP contribution is 2.46. The summed E-state index contributed by atoms with van der Waals surface area (Å²) in [7, 11) is 0. The van der Waals surface area contributed by atoms with Crippen LogP contribution in [-0.4, -0.2) is 45.6 Å². The Morgan fingerprint density at radius 1 is 0.591 bits per heavy atom. The molecule has 0 heterocycles. The molecular formula is C38H54O6. The zero-order valence-electron chi connectivity index (χ0n) is 28.0. The van der Waals surface area contributed by atoms with Crippen molar-refractivity contribution in [2.45, 2.75) is 128 Å². The smallest absolute Gasteiger partial charge is 0.341 e. The fourth-order valence-corrected chi connectivity index (χ4v) is 7.63. The minimum Gasteiger partial charge on any atom is -0.460 e. The van der Waals surface area contributed by atoms with Crippen molar-refractivity contribution in [2.75, 3.05) is 0 Å². The number of rotatable bonds is 9. The van der Waals surface area contributed by atoms with Crippen molar-refractivity contribution in [3.05, 3.63) is 71.8 Å². The Bertz CT molecular complexity index is 1170. The van der Waals surface area contributed by atoms with Crippen LogP contribution in [0.25, 0.3) is 0 Å². The lowest BCUT2D eigenvalue weighted by Gasteiger charge is -2.46. The van der Waals surface area contributed by atoms with E-state index >= 15 is 0 Å². The normalized spacial score (nSPS) is 29.1. The van der Waals surface area contributed by atoms with Crippen LogP contribution in [0.1, 0.15) is 105 Å². The summed E-state index contributed by atoms with van der Waals surface area (Å²) in [6, 6.07) is 20.4. The first kappa shape index (κ1) is 34.2. The van der Waals surface area contributed by atoms with Gasteiger partial charge < -0.3 is 19.7 Å². The first-order valence-electron chi connectivity index (χ1n) is 16.5. The summed E-state index contributed by atoms with van der Waals surface area (Å²) >= 11 is 0. The largest absolute Gasteiger partial charge is 0.460 e. The highest BCUT2D eigenvalue weighted by atomic mass is 16.6. The Morgan fingerprint density at radius 2 is 0.909 bits per heavy atom. The molecule has 6 heteroatoms. The molecule has 2 aromatic carbocycles. The molecule has 2 aliphatic rings. The van der Waals surface area contributed by atoms with Crippen LogP contribution in [0.5, 0.6) is 0 Å². The summed E-state index contributed by atoms with van der Waals surface area (Å²) in [5, 5.41) is 23.1. The fourth-order valence-electron chi connectivity index (χ4n) is 7.63. The molecule has 0 amide bonds. The molecule has 2 N–H and O–H groups in total. The van der Waals surface area contributed by atoms with Gasteiger partial charge in [0.2, 0.25) is 0 Å². The van der Waals surface area contributed by atoms with Gasteiger partial charge in [-0.25, -0.2) is 9.59 Å². The maximum Gasteiger partial charge on any atom is 0.341 e. The molecule has 242 valence electrons. The maximum absolute atomic E-state index is 13.7. The van der Waals surface area contributed by atoms with E-state index in [1.165, 1.54) is 0 Å². The Morgan fingerprint density at radius 3 is 1.23 bits per heavy atom. The number of carbonyl (C=O) groups excluding carboxylic acids is 2. The van der Waals surface area contributed by atoms with E-state index in [1.807, 2.05) is 36.4 Å². The first-order valence-corrected chi connectivity index (χ1v) is 16.5. The van der Waals surface area contributed by atoms with Gasteiger partial charge in [0.05, 0.1) is 0 Å². The van der Waals surface area contributed by atoms with Gasteiger partial charge >= 0.3 is 11.9 Å². The summed E-state index contributed by atoms with van der Waals surface area (Å²) in [5.41, 5.74) is -3.32. The van der Waals surface area contributed by atoms with Gasteiger partial charge in [-0.05, 0) is 73.3 Å². The number of hydrogen-bond acceptors (Lipinski definition) is 6. The zero-order chi connectivity index (χ0) is 32.5. The summed E-state index contributed by atoms with van der Waals surface area (Å²) in [6.07, 6.45) is 4.08. The summed E-state index contributed by atoms with van der Waals surface area (Å²) in [4.78, 5) is 27.4. The Kier molecular flexibility index (Phi) is 10.1. The van der Waals surface area contributed by atoms with Crippen molar-refractivity contribution in [3.63, 3.8) is 0 Å². The third kappa shape index (κ3) is 6.77. The lowest BCUT2D eigenvalue weighted by molar-refractivity contribution is -0.218. The Hall–Kier alpha value is -2.70. The molecule has 0 bridgehead atoms. The van der Waals surface area contributed by atoms with Crippen molar-refractivity contribution >= 4 is 11.9 Å². The standard InChI is InChI=1S/C38H54O6/c1-25-19-21-29(35(3,4)27-15-11-9-12-16-27)31(23-25)43-33(39)37(7,41)38(8,42)34(40)44-32-24-26(2)20-22-30(32)36(5,6)28-17-13-10-14-18-28/h9-18,25-26,29-32,41-42H,19-24H2,1-8H3/t25-,26-,29-,30-,31-,32-,37-,38-/m1/s1. The first-order chi connectivity index (χ1) is 20.5. The second-order valence-corrected chi connectivity index (χ2v) is 15.3. The van der Waals surface area contributed by atoms with Gasteiger partial charge in [-0.2, -0.15) is 0 Å². The number of hydrogen-bond donors (Lipinski definition) is 2. The van der Waals surface area contributed by atoms with Gasteiger partial charge in [0.1, 0.15) is 12.2 Å². The van der Waals surface area contributed by atoms with Crippen LogP contribution < -0.4 is 0 Å². The van der Waals surface area contributed by atoms with E-state index in [4.69, 9.17) is 9.47 Å². The maximum atomic E-state index is 13.7. The number of ether oxygens (including phenoxy) is 2. The molecule has 0 aliphatic heterocycles. The third-order valence-corrected chi connectivity index (χ3v) is 11.3. The highest BCUT2D eigenvalue weighted by molar-refractivity contribution is 5.92. The molecule has 2 aliphatic carbocycles. The lowest BCUT2D eigenvalue weighted by atomic mass is 9.64. The molecule has 8 atom stereocenters. The molecule has 0 spiro atoms. The zero-order valence-corrected chi connectivity index (χ0v) is 28.0.